The average molecular weight is 229 g/mol. The molecule has 0 radical (unpaired) electrons. The highest BCUT2D eigenvalue weighted by molar-refractivity contribution is 4.79. The molecule has 0 bridgehead atoms. The molecule has 0 aromatic rings. The number of hydrogen-bond donors (Lipinski definition) is 1. The molecule has 0 aliphatic rings. The van der Waals surface area contributed by atoms with Gasteiger partial charge in [0.2, 0.25) is 0 Å². The average Bonchev–Trinajstić information content (AvgIpc) is 2.13. The summed E-state index contributed by atoms with van der Waals surface area (Å²) in [5.74, 6) is 0.646. The predicted octanol–water partition coefficient (Wildman–Crippen LogP) is 3.46. The second kappa shape index (κ2) is 8.08. The SMILES string of the molecule is CCNC(CCCOCC(C)C)C(C)(C)C. The van der Waals surface area contributed by atoms with E-state index in [0.717, 1.165) is 26.2 Å². The van der Waals surface area contributed by atoms with E-state index in [-0.39, 0.29) is 0 Å². The Labute approximate surface area is 102 Å². The van der Waals surface area contributed by atoms with Gasteiger partial charge in [-0.1, -0.05) is 41.5 Å². The molecule has 0 aliphatic heterocycles. The van der Waals surface area contributed by atoms with Gasteiger partial charge in [0.25, 0.3) is 0 Å². The maximum atomic E-state index is 5.61. The van der Waals surface area contributed by atoms with Gasteiger partial charge in [0.1, 0.15) is 0 Å². The lowest BCUT2D eigenvalue weighted by Gasteiger charge is -2.31. The second-order valence-electron chi connectivity index (χ2n) is 6.09. The lowest BCUT2D eigenvalue weighted by atomic mass is 9.84. The molecule has 0 rings (SSSR count). The third-order valence-corrected chi connectivity index (χ3v) is 2.73. The molecular weight excluding hydrogens is 198 g/mol. The number of nitrogens with one attached hydrogen (secondary N) is 1. The molecule has 1 unspecified atom stereocenters. The van der Waals surface area contributed by atoms with Crippen LogP contribution in [0.1, 0.15) is 54.4 Å². The summed E-state index contributed by atoms with van der Waals surface area (Å²) in [5.41, 5.74) is 0.341. The van der Waals surface area contributed by atoms with Gasteiger partial charge in [-0.3, -0.25) is 0 Å². The quantitative estimate of drug-likeness (QED) is 0.644. The molecule has 0 saturated carbocycles. The standard InChI is InChI=1S/C14H31NO/c1-7-15-13(14(4,5)6)9-8-10-16-11-12(2)3/h12-13,15H,7-11H2,1-6H3. The van der Waals surface area contributed by atoms with Crippen LogP contribution in [0.25, 0.3) is 0 Å². The summed E-state index contributed by atoms with van der Waals surface area (Å²) in [4.78, 5) is 0. The van der Waals surface area contributed by atoms with Gasteiger partial charge in [0.05, 0.1) is 0 Å². The largest absolute Gasteiger partial charge is 0.381 e. The molecule has 0 saturated heterocycles. The summed E-state index contributed by atoms with van der Waals surface area (Å²) >= 11 is 0. The van der Waals surface area contributed by atoms with E-state index >= 15 is 0 Å². The van der Waals surface area contributed by atoms with Crippen molar-refractivity contribution in [3.05, 3.63) is 0 Å². The zero-order chi connectivity index (χ0) is 12.6. The van der Waals surface area contributed by atoms with Crippen molar-refractivity contribution in [3.63, 3.8) is 0 Å². The fourth-order valence-corrected chi connectivity index (χ4v) is 1.80. The molecule has 2 heteroatoms. The van der Waals surface area contributed by atoms with Crippen molar-refractivity contribution in [2.24, 2.45) is 11.3 Å². The Morgan fingerprint density at radius 1 is 1.19 bits per heavy atom. The first-order chi connectivity index (χ1) is 7.38. The summed E-state index contributed by atoms with van der Waals surface area (Å²) in [6, 6.07) is 0.597. The summed E-state index contributed by atoms with van der Waals surface area (Å²) in [7, 11) is 0. The van der Waals surface area contributed by atoms with E-state index in [2.05, 4.69) is 46.9 Å². The molecule has 1 N–H and O–H groups in total. The second-order valence-corrected chi connectivity index (χ2v) is 6.09. The smallest absolute Gasteiger partial charge is 0.0488 e. The van der Waals surface area contributed by atoms with Gasteiger partial charge in [-0.05, 0) is 30.7 Å². The van der Waals surface area contributed by atoms with Gasteiger partial charge < -0.3 is 10.1 Å². The zero-order valence-electron chi connectivity index (χ0n) is 12.1. The molecular formula is C14H31NO. The minimum Gasteiger partial charge on any atom is -0.381 e. The monoisotopic (exact) mass is 229 g/mol. The zero-order valence-corrected chi connectivity index (χ0v) is 12.1. The fourth-order valence-electron chi connectivity index (χ4n) is 1.80. The summed E-state index contributed by atoms with van der Waals surface area (Å²) in [6.07, 6.45) is 2.36. The van der Waals surface area contributed by atoms with E-state index in [1.54, 1.807) is 0 Å². The normalized spacial score (nSPS) is 14.4. The van der Waals surface area contributed by atoms with Crippen molar-refractivity contribution >= 4 is 0 Å². The minimum absolute atomic E-state index is 0.341. The predicted molar refractivity (Wildman–Crippen MR) is 71.8 cm³/mol. The maximum absolute atomic E-state index is 5.61. The third kappa shape index (κ3) is 8.12. The molecule has 0 fully saturated rings. The van der Waals surface area contributed by atoms with E-state index in [9.17, 15) is 0 Å². The first kappa shape index (κ1) is 15.9. The van der Waals surface area contributed by atoms with Crippen molar-refractivity contribution in [3.8, 4) is 0 Å². The maximum Gasteiger partial charge on any atom is 0.0488 e. The van der Waals surface area contributed by atoms with E-state index in [1.807, 2.05) is 0 Å². The Morgan fingerprint density at radius 3 is 2.25 bits per heavy atom. The number of ether oxygens (including phenoxy) is 1. The van der Waals surface area contributed by atoms with Crippen LogP contribution in [-0.4, -0.2) is 25.8 Å². The van der Waals surface area contributed by atoms with Crippen LogP contribution in [-0.2, 0) is 4.74 Å². The summed E-state index contributed by atoms with van der Waals surface area (Å²) in [6.45, 7) is 16.3. The van der Waals surface area contributed by atoms with Crippen LogP contribution in [0.15, 0.2) is 0 Å². The Balaban J connectivity index is 3.69. The molecule has 0 aliphatic carbocycles. The van der Waals surface area contributed by atoms with Crippen molar-refractivity contribution < 1.29 is 4.74 Å². The molecule has 98 valence electrons. The van der Waals surface area contributed by atoms with Gasteiger partial charge >= 0.3 is 0 Å². The van der Waals surface area contributed by atoms with Gasteiger partial charge in [0.15, 0.2) is 0 Å². The lowest BCUT2D eigenvalue weighted by molar-refractivity contribution is 0.101. The molecule has 2 nitrogen and oxygen atoms in total. The molecule has 0 aromatic carbocycles. The van der Waals surface area contributed by atoms with Crippen LogP contribution in [0.3, 0.4) is 0 Å². The Bertz CT molecular complexity index is 161. The molecule has 0 heterocycles. The highest BCUT2D eigenvalue weighted by Gasteiger charge is 2.22. The van der Waals surface area contributed by atoms with Crippen molar-refractivity contribution in [2.45, 2.75) is 60.4 Å². The molecule has 1 atom stereocenters. The van der Waals surface area contributed by atoms with Crippen LogP contribution < -0.4 is 5.32 Å². The van der Waals surface area contributed by atoms with Gasteiger partial charge in [0, 0.05) is 19.3 Å². The highest BCUT2D eigenvalue weighted by Crippen LogP contribution is 2.22. The molecule has 0 aromatic heterocycles. The van der Waals surface area contributed by atoms with E-state index in [4.69, 9.17) is 4.74 Å². The van der Waals surface area contributed by atoms with Crippen LogP contribution >= 0.6 is 0 Å². The Morgan fingerprint density at radius 2 is 1.81 bits per heavy atom. The summed E-state index contributed by atoms with van der Waals surface area (Å²) in [5, 5.41) is 3.57. The van der Waals surface area contributed by atoms with Gasteiger partial charge in [-0.2, -0.15) is 0 Å². The Hall–Kier alpha value is -0.0800. The fraction of sp³-hybridized carbons (Fsp3) is 1.00. The number of rotatable bonds is 8. The topological polar surface area (TPSA) is 21.3 Å². The lowest BCUT2D eigenvalue weighted by Crippen LogP contribution is -2.40. The van der Waals surface area contributed by atoms with Crippen LogP contribution in [0, 0.1) is 11.3 Å². The van der Waals surface area contributed by atoms with Crippen molar-refractivity contribution in [2.75, 3.05) is 19.8 Å². The molecule has 0 amide bonds. The van der Waals surface area contributed by atoms with E-state index in [1.165, 1.54) is 6.42 Å². The van der Waals surface area contributed by atoms with Gasteiger partial charge in [-0.15, -0.1) is 0 Å². The molecule has 16 heavy (non-hydrogen) atoms. The summed E-state index contributed by atoms with van der Waals surface area (Å²) < 4.78 is 5.61. The van der Waals surface area contributed by atoms with E-state index in [0.29, 0.717) is 17.4 Å². The Kier molecular flexibility index (Phi) is 8.04. The van der Waals surface area contributed by atoms with Crippen molar-refractivity contribution in [1.82, 2.24) is 5.32 Å². The highest BCUT2D eigenvalue weighted by atomic mass is 16.5. The number of hydrogen-bond acceptors (Lipinski definition) is 2. The first-order valence-electron chi connectivity index (χ1n) is 6.69. The van der Waals surface area contributed by atoms with Crippen molar-refractivity contribution in [1.29, 1.82) is 0 Å². The van der Waals surface area contributed by atoms with Crippen LogP contribution in [0.4, 0.5) is 0 Å². The molecule has 0 spiro atoms. The van der Waals surface area contributed by atoms with Crippen LogP contribution in [0.5, 0.6) is 0 Å². The van der Waals surface area contributed by atoms with Crippen LogP contribution in [0.2, 0.25) is 0 Å². The third-order valence-electron chi connectivity index (χ3n) is 2.73. The van der Waals surface area contributed by atoms with Gasteiger partial charge in [-0.25, -0.2) is 0 Å². The van der Waals surface area contributed by atoms with E-state index < -0.39 is 0 Å². The first-order valence-corrected chi connectivity index (χ1v) is 6.69. The minimum atomic E-state index is 0.341.